The number of Topliss-reactive ketones (excluding diaryl/α,β-unsaturated/α-hetero) is 1. The fraction of sp³-hybridized carbons (Fsp3) is 0.333. The number of nitrogens with zero attached hydrogens (tertiary/aromatic N) is 2. The summed E-state index contributed by atoms with van der Waals surface area (Å²) in [7, 11) is 4.01. The lowest BCUT2D eigenvalue weighted by Crippen LogP contribution is -2.40. The molecule has 4 rings (SSSR count). The second-order valence-corrected chi connectivity index (χ2v) is 7.95. The molecule has 4 heteroatoms. The first-order chi connectivity index (χ1) is 13.5. The van der Waals surface area contributed by atoms with Crippen molar-refractivity contribution < 1.29 is 9.59 Å². The number of hydrogen-bond acceptors (Lipinski definition) is 3. The first-order valence-corrected chi connectivity index (χ1v) is 9.89. The molecule has 28 heavy (non-hydrogen) atoms. The molecule has 1 aliphatic heterocycles. The van der Waals surface area contributed by atoms with Gasteiger partial charge < -0.3 is 4.90 Å². The van der Waals surface area contributed by atoms with Crippen LogP contribution in [0.3, 0.4) is 0 Å². The first kappa shape index (κ1) is 18.5. The molecule has 2 aliphatic rings. The second-order valence-electron chi connectivity index (χ2n) is 7.95. The van der Waals surface area contributed by atoms with Gasteiger partial charge in [0.15, 0.2) is 5.78 Å². The van der Waals surface area contributed by atoms with Crippen LogP contribution in [0.25, 0.3) is 0 Å². The van der Waals surface area contributed by atoms with Gasteiger partial charge in [-0.15, -0.1) is 0 Å². The van der Waals surface area contributed by atoms with Crippen LogP contribution in [0.2, 0.25) is 0 Å². The van der Waals surface area contributed by atoms with Crippen molar-refractivity contribution in [3.63, 3.8) is 0 Å². The number of benzene rings is 2. The van der Waals surface area contributed by atoms with Crippen LogP contribution in [-0.4, -0.2) is 25.8 Å². The lowest BCUT2D eigenvalue weighted by Gasteiger charge is -2.38. The van der Waals surface area contributed by atoms with E-state index in [1.165, 1.54) is 0 Å². The zero-order valence-electron chi connectivity index (χ0n) is 16.7. The molecule has 4 nitrogen and oxygen atoms in total. The second kappa shape index (κ2) is 7.27. The number of carbonyl (C=O) groups is 2. The summed E-state index contributed by atoms with van der Waals surface area (Å²) < 4.78 is 0. The number of allylic oxidation sites excluding steroid dienone is 2. The molecule has 0 aromatic heterocycles. The highest BCUT2D eigenvalue weighted by Gasteiger charge is 2.39. The first-order valence-electron chi connectivity index (χ1n) is 9.89. The Morgan fingerprint density at radius 1 is 1.00 bits per heavy atom. The third-order valence-corrected chi connectivity index (χ3v) is 5.75. The largest absolute Gasteiger partial charge is 0.378 e. The van der Waals surface area contributed by atoms with Gasteiger partial charge >= 0.3 is 0 Å². The van der Waals surface area contributed by atoms with E-state index in [0.717, 1.165) is 46.6 Å². The van der Waals surface area contributed by atoms with Gasteiger partial charge in [0.1, 0.15) is 0 Å². The molecule has 0 saturated heterocycles. The van der Waals surface area contributed by atoms with E-state index < -0.39 is 0 Å². The predicted octanol–water partition coefficient (Wildman–Crippen LogP) is 4.59. The minimum atomic E-state index is -0.146. The monoisotopic (exact) mass is 374 g/mol. The SMILES string of the molecule is Cc1cccc(N2C(=O)CC(c3ccc(N(C)C)cc3)C3=C2CCCC3=O)c1. The van der Waals surface area contributed by atoms with Gasteiger partial charge in [0.2, 0.25) is 5.91 Å². The van der Waals surface area contributed by atoms with E-state index in [4.69, 9.17) is 0 Å². The fourth-order valence-corrected chi connectivity index (χ4v) is 4.35. The molecule has 0 radical (unpaired) electrons. The van der Waals surface area contributed by atoms with E-state index in [2.05, 4.69) is 24.3 Å². The summed E-state index contributed by atoms with van der Waals surface area (Å²) in [5.74, 6) is 0.112. The minimum absolute atomic E-state index is 0.0701. The van der Waals surface area contributed by atoms with Crippen molar-refractivity contribution in [2.45, 2.75) is 38.5 Å². The Kier molecular flexibility index (Phi) is 4.80. The maximum atomic E-state index is 13.2. The molecule has 0 N–H and O–H groups in total. The quantitative estimate of drug-likeness (QED) is 0.789. The molecule has 1 aliphatic carbocycles. The van der Waals surface area contributed by atoms with Gasteiger partial charge in [-0.3, -0.25) is 14.5 Å². The zero-order valence-corrected chi connectivity index (χ0v) is 16.7. The van der Waals surface area contributed by atoms with E-state index in [0.29, 0.717) is 12.8 Å². The van der Waals surface area contributed by atoms with Crippen molar-refractivity contribution in [3.05, 3.63) is 70.9 Å². The van der Waals surface area contributed by atoms with Gasteiger partial charge in [0, 0.05) is 55.5 Å². The molecule has 0 spiro atoms. The fourth-order valence-electron chi connectivity index (χ4n) is 4.35. The van der Waals surface area contributed by atoms with Gasteiger partial charge in [-0.1, -0.05) is 24.3 Å². The van der Waals surface area contributed by atoms with Crippen LogP contribution in [0.15, 0.2) is 59.8 Å². The predicted molar refractivity (Wildman–Crippen MR) is 113 cm³/mol. The molecular formula is C24H26N2O2. The van der Waals surface area contributed by atoms with E-state index in [1.54, 1.807) is 4.90 Å². The van der Waals surface area contributed by atoms with E-state index in [-0.39, 0.29) is 17.6 Å². The molecule has 2 aromatic carbocycles. The summed E-state index contributed by atoms with van der Waals surface area (Å²) >= 11 is 0. The summed E-state index contributed by atoms with van der Waals surface area (Å²) in [6, 6.07) is 16.2. The molecule has 2 aromatic rings. The van der Waals surface area contributed by atoms with E-state index in [9.17, 15) is 9.59 Å². The van der Waals surface area contributed by atoms with Crippen LogP contribution >= 0.6 is 0 Å². The smallest absolute Gasteiger partial charge is 0.232 e. The highest BCUT2D eigenvalue weighted by molar-refractivity contribution is 6.07. The molecule has 0 fully saturated rings. The van der Waals surface area contributed by atoms with Crippen LogP contribution in [0.1, 0.15) is 42.7 Å². The summed E-state index contributed by atoms with van der Waals surface area (Å²) in [4.78, 5) is 30.0. The van der Waals surface area contributed by atoms with Crippen LogP contribution in [-0.2, 0) is 9.59 Å². The minimum Gasteiger partial charge on any atom is -0.378 e. The molecule has 1 heterocycles. The van der Waals surface area contributed by atoms with Gasteiger partial charge in [0.05, 0.1) is 0 Å². The van der Waals surface area contributed by atoms with Crippen molar-refractivity contribution >= 4 is 23.1 Å². The van der Waals surface area contributed by atoms with Crippen LogP contribution in [0.4, 0.5) is 11.4 Å². The van der Waals surface area contributed by atoms with Crippen molar-refractivity contribution in [1.29, 1.82) is 0 Å². The average molecular weight is 374 g/mol. The maximum absolute atomic E-state index is 13.2. The number of hydrogen-bond donors (Lipinski definition) is 0. The molecular weight excluding hydrogens is 348 g/mol. The molecule has 144 valence electrons. The van der Waals surface area contributed by atoms with E-state index >= 15 is 0 Å². The third kappa shape index (κ3) is 3.24. The molecule has 1 amide bonds. The number of amides is 1. The lowest BCUT2D eigenvalue weighted by atomic mass is 9.77. The average Bonchev–Trinajstić information content (AvgIpc) is 2.67. The number of rotatable bonds is 3. The molecule has 0 saturated carbocycles. The van der Waals surface area contributed by atoms with Gasteiger partial charge in [0.25, 0.3) is 0 Å². The number of aryl methyl sites for hydroxylation is 1. The lowest BCUT2D eigenvalue weighted by molar-refractivity contribution is -0.119. The van der Waals surface area contributed by atoms with Gasteiger partial charge in [-0.25, -0.2) is 0 Å². The Hall–Kier alpha value is -2.88. The van der Waals surface area contributed by atoms with Crippen molar-refractivity contribution in [1.82, 2.24) is 0 Å². The molecule has 1 atom stereocenters. The van der Waals surface area contributed by atoms with Crippen molar-refractivity contribution in [2.75, 3.05) is 23.9 Å². The van der Waals surface area contributed by atoms with Crippen molar-refractivity contribution in [2.24, 2.45) is 0 Å². The summed E-state index contributed by atoms with van der Waals surface area (Å²) in [6.07, 6.45) is 2.48. The third-order valence-electron chi connectivity index (χ3n) is 5.75. The Morgan fingerprint density at radius 3 is 2.43 bits per heavy atom. The van der Waals surface area contributed by atoms with Crippen molar-refractivity contribution in [3.8, 4) is 0 Å². The highest BCUT2D eigenvalue weighted by atomic mass is 16.2. The maximum Gasteiger partial charge on any atom is 0.232 e. The number of ketones is 1. The Bertz CT molecular complexity index is 957. The number of anilines is 2. The topological polar surface area (TPSA) is 40.6 Å². The number of carbonyl (C=O) groups excluding carboxylic acids is 2. The molecule has 0 bridgehead atoms. The summed E-state index contributed by atoms with van der Waals surface area (Å²) in [5, 5.41) is 0. The van der Waals surface area contributed by atoms with Crippen LogP contribution in [0.5, 0.6) is 0 Å². The summed E-state index contributed by atoms with van der Waals surface area (Å²) in [5.41, 5.74) is 5.87. The van der Waals surface area contributed by atoms with Gasteiger partial charge in [-0.2, -0.15) is 0 Å². The summed E-state index contributed by atoms with van der Waals surface area (Å²) in [6.45, 7) is 2.02. The van der Waals surface area contributed by atoms with E-state index in [1.807, 2.05) is 50.2 Å². The van der Waals surface area contributed by atoms with Gasteiger partial charge in [-0.05, 0) is 55.2 Å². The Balaban J connectivity index is 1.81. The Labute approximate surface area is 166 Å². The highest BCUT2D eigenvalue weighted by Crippen LogP contribution is 2.43. The zero-order chi connectivity index (χ0) is 19.8. The standard InChI is InChI=1S/C24H26N2O2/c1-16-6-4-7-19(14-16)26-21-8-5-9-22(27)24(21)20(15-23(26)28)17-10-12-18(13-11-17)25(2)3/h4,6-7,10-14,20H,5,8-9,15H2,1-3H3. The van der Waals surface area contributed by atoms with Crippen LogP contribution < -0.4 is 9.80 Å². The van der Waals surface area contributed by atoms with Crippen LogP contribution in [0, 0.1) is 6.92 Å². The molecule has 1 unspecified atom stereocenters. The normalized spacial score (nSPS) is 19.7. The Morgan fingerprint density at radius 2 is 1.75 bits per heavy atom.